The second kappa shape index (κ2) is 7.92. The molecule has 0 amide bonds. The molecule has 0 aromatic rings. The molecule has 0 heterocycles. The smallest absolute Gasteiger partial charge is 0.101 e. The van der Waals surface area contributed by atoms with Crippen LogP contribution in [0.15, 0.2) is 34.1 Å². The Kier molecular flexibility index (Phi) is 7.67. The van der Waals surface area contributed by atoms with Crippen LogP contribution in [0.4, 0.5) is 0 Å². The molecule has 2 nitrogen and oxygen atoms in total. The molecule has 0 aromatic heterocycles. The van der Waals surface area contributed by atoms with Crippen LogP contribution in [0.1, 0.15) is 6.92 Å². The SMILES string of the molecule is CNCC(/C=C(\C)Cl)=C/C(Cl)=C/OC. The van der Waals surface area contributed by atoms with E-state index in [0.29, 0.717) is 16.6 Å². The van der Waals surface area contributed by atoms with Gasteiger partial charge in [-0.1, -0.05) is 23.2 Å². The van der Waals surface area contributed by atoms with E-state index in [4.69, 9.17) is 27.9 Å². The van der Waals surface area contributed by atoms with Crippen molar-refractivity contribution in [2.24, 2.45) is 0 Å². The van der Waals surface area contributed by atoms with Crippen molar-refractivity contribution in [3.05, 3.63) is 34.1 Å². The van der Waals surface area contributed by atoms with E-state index in [9.17, 15) is 0 Å². The van der Waals surface area contributed by atoms with Gasteiger partial charge in [0.15, 0.2) is 0 Å². The van der Waals surface area contributed by atoms with Crippen molar-refractivity contribution < 1.29 is 4.74 Å². The standard InChI is InChI=1S/C10H15Cl2NO/c1-8(11)4-9(6-13-2)5-10(12)7-14-3/h4-5,7,13H,6H2,1-3H3/b8-4+,9-5+,10-7-. The Bertz CT molecular complexity index is 253. The molecule has 0 aliphatic carbocycles. The largest absolute Gasteiger partial charge is 0.503 e. The number of nitrogens with one attached hydrogen (secondary N) is 1. The number of likely N-dealkylation sites (N-methyl/N-ethyl adjacent to an activating group) is 1. The van der Waals surface area contributed by atoms with Gasteiger partial charge in [0.25, 0.3) is 0 Å². The lowest BCUT2D eigenvalue weighted by molar-refractivity contribution is 0.337. The van der Waals surface area contributed by atoms with Crippen molar-refractivity contribution in [2.75, 3.05) is 20.7 Å². The minimum atomic E-state index is 0.534. The fourth-order valence-electron chi connectivity index (χ4n) is 0.927. The molecule has 4 heteroatoms. The summed E-state index contributed by atoms with van der Waals surface area (Å²) in [7, 11) is 3.41. The quantitative estimate of drug-likeness (QED) is 0.585. The van der Waals surface area contributed by atoms with E-state index in [1.54, 1.807) is 13.2 Å². The summed E-state index contributed by atoms with van der Waals surface area (Å²) in [5.74, 6) is 0. The van der Waals surface area contributed by atoms with Crippen LogP contribution in [-0.2, 0) is 4.74 Å². The van der Waals surface area contributed by atoms with Crippen LogP contribution in [0, 0.1) is 0 Å². The zero-order chi connectivity index (χ0) is 11.0. The maximum atomic E-state index is 5.85. The molecular weight excluding hydrogens is 221 g/mol. The Morgan fingerprint density at radius 1 is 1.36 bits per heavy atom. The predicted octanol–water partition coefficient (Wildman–Crippen LogP) is 3.00. The first kappa shape index (κ1) is 13.6. The van der Waals surface area contributed by atoms with Crippen LogP contribution in [0.3, 0.4) is 0 Å². The number of hydrogen-bond donors (Lipinski definition) is 1. The summed E-state index contributed by atoms with van der Waals surface area (Å²) < 4.78 is 4.77. The zero-order valence-corrected chi connectivity index (χ0v) is 10.1. The van der Waals surface area contributed by atoms with E-state index >= 15 is 0 Å². The third kappa shape index (κ3) is 7.01. The molecule has 0 aliphatic heterocycles. The molecule has 0 saturated heterocycles. The van der Waals surface area contributed by atoms with Gasteiger partial charge in [-0.2, -0.15) is 0 Å². The average Bonchev–Trinajstić information content (AvgIpc) is 2.03. The first-order chi connectivity index (χ1) is 6.60. The number of methoxy groups -OCH3 is 1. The molecule has 0 unspecified atom stereocenters. The van der Waals surface area contributed by atoms with Crippen molar-refractivity contribution in [1.82, 2.24) is 5.32 Å². The molecule has 0 saturated carbocycles. The van der Waals surface area contributed by atoms with Gasteiger partial charge in [-0.3, -0.25) is 0 Å². The summed E-state index contributed by atoms with van der Waals surface area (Å²) in [5.41, 5.74) is 0.998. The van der Waals surface area contributed by atoms with E-state index in [0.717, 1.165) is 5.57 Å². The number of ether oxygens (including phenoxy) is 1. The highest BCUT2D eigenvalue weighted by molar-refractivity contribution is 6.31. The molecule has 14 heavy (non-hydrogen) atoms. The molecular formula is C10H15Cl2NO. The predicted molar refractivity (Wildman–Crippen MR) is 62.6 cm³/mol. The number of allylic oxidation sites excluding steroid dienone is 3. The van der Waals surface area contributed by atoms with Gasteiger partial charge in [-0.15, -0.1) is 0 Å². The van der Waals surface area contributed by atoms with Gasteiger partial charge in [0.1, 0.15) is 6.26 Å². The van der Waals surface area contributed by atoms with Crippen LogP contribution in [-0.4, -0.2) is 20.7 Å². The normalized spacial score (nSPS) is 14.5. The molecule has 0 aromatic carbocycles. The van der Waals surface area contributed by atoms with Gasteiger partial charge >= 0.3 is 0 Å². The van der Waals surface area contributed by atoms with Gasteiger partial charge in [-0.05, 0) is 31.7 Å². The summed E-state index contributed by atoms with van der Waals surface area (Å²) in [5, 5.41) is 4.27. The molecule has 0 atom stereocenters. The Balaban J connectivity index is 4.63. The Labute approximate surface area is 95.2 Å². The Morgan fingerprint density at radius 3 is 2.43 bits per heavy atom. The summed E-state index contributed by atoms with van der Waals surface area (Å²) >= 11 is 11.6. The van der Waals surface area contributed by atoms with E-state index in [1.807, 2.05) is 20.0 Å². The van der Waals surface area contributed by atoms with Crippen LogP contribution in [0.2, 0.25) is 0 Å². The lowest BCUT2D eigenvalue weighted by Crippen LogP contribution is -2.09. The van der Waals surface area contributed by atoms with Crippen LogP contribution in [0.5, 0.6) is 0 Å². The average molecular weight is 236 g/mol. The molecule has 80 valence electrons. The minimum Gasteiger partial charge on any atom is -0.503 e. The summed E-state index contributed by atoms with van der Waals surface area (Å²) in [6, 6.07) is 0. The number of hydrogen-bond acceptors (Lipinski definition) is 2. The molecule has 1 N–H and O–H groups in total. The second-order valence-electron chi connectivity index (χ2n) is 2.72. The maximum absolute atomic E-state index is 5.85. The number of halogens is 2. The maximum Gasteiger partial charge on any atom is 0.101 e. The highest BCUT2D eigenvalue weighted by Gasteiger charge is 1.94. The van der Waals surface area contributed by atoms with Gasteiger partial charge in [0.2, 0.25) is 0 Å². The first-order valence-corrected chi connectivity index (χ1v) is 4.93. The van der Waals surface area contributed by atoms with Gasteiger partial charge in [0, 0.05) is 11.6 Å². The van der Waals surface area contributed by atoms with Crippen molar-refractivity contribution >= 4 is 23.2 Å². The van der Waals surface area contributed by atoms with Crippen LogP contribution >= 0.6 is 23.2 Å². The Hall–Kier alpha value is -0.440. The van der Waals surface area contributed by atoms with Crippen molar-refractivity contribution in [1.29, 1.82) is 0 Å². The van der Waals surface area contributed by atoms with E-state index in [-0.39, 0.29) is 0 Å². The van der Waals surface area contributed by atoms with Crippen molar-refractivity contribution in [3.8, 4) is 0 Å². The highest BCUT2D eigenvalue weighted by atomic mass is 35.5. The van der Waals surface area contributed by atoms with Crippen molar-refractivity contribution in [2.45, 2.75) is 6.92 Å². The van der Waals surface area contributed by atoms with E-state index < -0.39 is 0 Å². The third-order valence-corrected chi connectivity index (χ3v) is 1.63. The van der Waals surface area contributed by atoms with Crippen LogP contribution in [0.25, 0.3) is 0 Å². The highest BCUT2D eigenvalue weighted by Crippen LogP contribution is 2.11. The monoisotopic (exact) mass is 235 g/mol. The molecule has 0 radical (unpaired) electrons. The van der Waals surface area contributed by atoms with Crippen molar-refractivity contribution in [3.63, 3.8) is 0 Å². The lowest BCUT2D eigenvalue weighted by Gasteiger charge is -2.01. The zero-order valence-electron chi connectivity index (χ0n) is 8.60. The molecule has 0 bridgehead atoms. The van der Waals surface area contributed by atoms with Gasteiger partial charge in [-0.25, -0.2) is 0 Å². The number of rotatable bonds is 5. The van der Waals surface area contributed by atoms with E-state index in [2.05, 4.69) is 5.32 Å². The fraction of sp³-hybridized carbons (Fsp3) is 0.400. The van der Waals surface area contributed by atoms with E-state index in [1.165, 1.54) is 6.26 Å². The van der Waals surface area contributed by atoms with Gasteiger partial charge < -0.3 is 10.1 Å². The summed E-state index contributed by atoms with van der Waals surface area (Å²) in [6.07, 6.45) is 5.12. The summed E-state index contributed by atoms with van der Waals surface area (Å²) in [4.78, 5) is 0. The molecule has 0 spiro atoms. The third-order valence-electron chi connectivity index (χ3n) is 1.32. The first-order valence-electron chi connectivity index (χ1n) is 4.17. The second-order valence-corrected chi connectivity index (χ2v) is 3.75. The Morgan fingerprint density at radius 2 is 2.00 bits per heavy atom. The molecule has 0 rings (SSSR count). The minimum absolute atomic E-state index is 0.534. The topological polar surface area (TPSA) is 21.3 Å². The molecule has 0 fully saturated rings. The lowest BCUT2D eigenvalue weighted by atomic mass is 10.2. The van der Waals surface area contributed by atoms with Gasteiger partial charge in [0.05, 0.1) is 12.1 Å². The fourth-order valence-corrected chi connectivity index (χ4v) is 1.30. The van der Waals surface area contributed by atoms with Crippen LogP contribution < -0.4 is 5.32 Å². The summed E-state index contributed by atoms with van der Waals surface area (Å²) in [6.45, 7) is 2.52. The molecule has 0 aliphatic rings.